The van der Waals surface area contributed by atoms with E-state index in [4.69, 9.17) is 5.73 Å². The van der Waals surface area contributed by atoms with Gasteiger partial charge in [-0.2, -0.15) is 23.8 Å². The van der Waals surface area contributed by atoms with E-state index in [2.05, 4.69) is 25.0 Å². The summed E-state index contributed by atoms with van der Waals surface area (Å²) in [4.78, 5) is 23.8. The highest BCUT2D eigenvalue weighted by Crippen LogP contribution is 2.59. The molecule has 0 radical (unpaired) electrons. The predicted octanol–water partition coefficient (Wildman–Crippen LogP) is 3.87. The summed E-state index contributed by atoms with van der Waals surface area (Å²) in [6.07, 6.45) is -2.88. The van der Waals surface area contributed by atoms with Crippen molar-refractivity contribution in [1.29, 1.82) is 0 Å². The van der Waals surface area contributed by atoms with Gasteiger partial charge in [0, 0.05) is 11.3 Å². The SMILES string of the molecule is CC1(C)C(N)=N[C@@](CF)(c2cc(NC(=O)c3cnc(OCC(F)(F)F)cn3)ccc2F)CS1(O)O. The maximum Gasteiger partial charge on any atom is 0.422 e. The summed E-state index contributed by atoms with van der Waals surface area (Å²) in [5, 5.41) is 2.38. The molecule has 0 unspecified atom stereocenters. The Morgan fingerprint density at radius 1 is 1.26 bits per heavy atom. The zero-order valence-electron chi connectivity index (χ0n) is 18.4. The molecule has 1 aromatic carbocycles. The first kappa shape index (κ1) is 26.6. The summed E-state index contributed by atoms with van der Waals surface area (Å²) in [5.41, 5.74) is 3.16. The number of hydrogen-bond donors (Lipinski definition) is 4. The number of benzene rings is 1. The van der Waals surface area contributed by atoms with Crippen LogP contribution in [0.25, 0.3) is 0 Å². The molecule has 35 heavy (non-hydrogen) atoms. The number of alkyl halides is 4. The van der Waals surface area contributed by atoms with Crippen molar-refractivity contribution in [3.05, 3.63) is 47.7 Å². The molecule has 1 aliphatic rings. The van der Waals surface area contributed by atoms with Crippen LogP contribution in [0, 0.1) is 5.82 Å². The quantitative estimate of drug-likeness (QED) is 0.421. The minimum absolute atomic E-state index is 0.0199. The normalized spacial score (nSPS) is 22.1. The van der Waals surface area contributed by atoms with E-state index in [-0.39, 0.29) is 22.8 Å². The summed E-state index contributed by atoms with van der Waals surface area (Å²) in [7, 11) is -3.54. The molecule has 15 heteroatoms. The number of nitrogens with zero attached hydrogens (tertiary/aromatic N) is 3. The minimum Gasteiger partial charge on any atom is -0.467 e. The molecule has 0 saturated heterocycles. The second-order valence-electron chi connectivity index (χ2n) is 8.28. The molecule has 192 valence electrons. The maximum atomic E-state index is 14.8. The van der Waals surface area contributed by atoms with Gasteiger partial charge in [0.25, 0.3) is 5.91 Å². The van der Waals surface area contributed by atoms with Gasteiger partial charge in [-0.3, -0.25) is 18.9 Å². The van der Waals surface area contributed by atoms with E-state index in [1.807, 2.05) is 0 Å². The molecule has 2 aromatic rings. The lowest BCUT2D eigenvalue weighted by Crippen LogP contribution is -2.53. The Morgan fingerprint density at radius 2 is 1.94 bits per heavy atom. The minimum atomic E-state index is -4.58. The first-order valence-corrected chi connectivity index (χ1v) is 11.6. The Hall–Kier alpha value is -3.04. The highest BCUT2D eigenvalue weighted by Gasteiger charge is 2.51. The number of ether oxygens (including phenoxy) is 1. The Balaban J connectivity index is 1.86. The standard InChI is InChI=1S/C20H22F5N5O4S/c1-18(2)17(26)30-19(8-21,10-35(18,32)33)12-5-11(3-4-13(12)22)29-16(31)14-6-28-15(7-27-14)34-9-20(23,24)25/h3-7,32-33H,8-10H2,1-2H3,(H2,26,30)(H,29,31)/t19-/m1/s1. The fourth-order valence-corrected chi connectivity index (χ4v) is 4.88. The molecule has 0 saturated carbocycles. The second-order valence-corrected chi connectivity index (χ2v) is 10.9. The van der Waals surface area contributed by atoms with E-state index < -0.39 is 63.7 Å². The monoisotopic (exact) mass is 523 g/mol. The highest BCUT2D eigenvalue weighted by molar-refractivity contribution is 8.26. The van der Waals surface area contributed by atoms with Gasteiger partial charge in [-0.1, -0.05) is 0 Å². The molecular formula is C20H22F5N5O4S. The van der Waals surface area contributed by atoms with Crippen molar-refractivity contribution in [2.45, 2.75) is 30.3 Å². The predicted molar refractivity (Wildman–Crippen MR) is 119 cm³/mol. The van der Waals surface area contributed by atoms with Crippen molar-refractivity contribution in [3.63, 3.8) is 0 Å². The number of aliphatic imine (C=N–C) groups is 1. The number of halogens is 5. The third kappa shape index (κ3) is 5.46. The molecule has 0 bridgehead atoms. The number of aromatic nitrogens is 2. The zero-order valence-corrected chi connectivity index (χ0v) is 19.3. The summed E-state index contributed by atoms with van der Waals surface area (Å²) < 4.78 is 89.9. The molecule has 5 N–H and O–H groups in total. The number of rotatable bonds is 6. The average molecular weight is 523 g/mol. The summed E-state index contributed by atoms with van der Waals surface area (Å²) in [6, 6.07) is 3.17. The Morgan fingerprint density at radius 3 is 2.49 bits per heavy atom. The van der Waals surface area contributed by atoms with Crippen molar-refractivity contribution in [3.8, 4) is 5.88 Å². The van der Waals surface area contributed by atoms with Crippen LogP contribution in [0.15, 0.2) is 35.6 Å². The number of amides is 1. The van der Waals surface area contributed by atoms with Crippen LogP contribution >= 0.6 is 10.6 Å². The maximum absolute atomic E-state index is 14.8. The van der Waals surface area contributed by atoms with E-state index in [0.717, 1.165) is 30.6 Å². The van der Waals surface area contributed by atoms with E-state index in [1.54, 1.807) is 0 Å². The third-order valence-electron chi connectivity index (χ3n) is 5.40. The van der Waals surface area contributed by atoms with Gasteiger partial charge >= 0.3 is 6.18 Å². The molecule has 1 amide bonds. The van der Waals surface area contributed by atoms with Gasteiger partial charge in [-0.15, -0.1) is 0 Å². The van der Waals surface area contributed by atoms with E-state index in [9.17, 15) is 35.9 Å². The van der Waals surface area contributed by atoms with Gasteiger partial charge in [-0.25, -0.2) is 18.7 Å². The number of hydrogen-bond acceptors (Lipinski definition) is 8. The molecule has 1 aliphatic heterocycles. The molecular weight excluding hydrogens is 501 g/mol. The molecule has 9 nitrogen and oxygen atoms in total. The Kier molecular flexibility index (Phi) is 6.98. The summed E-state index contributed by atoms with van der Waals surface area (Å²) in [5.74, 6) is -3.13. The zero-order chi connectivity index (χ0) is 26.2. The van der Waals surface area contributed by atoms with Crippen LogP contribution in [0.3, 0.4) is 0 Å². The summed E-state index contributed by atoms with van der Waals surface area (Å²) >= 11 is 0. The highest BCUT2D eigenvalue weighted by atomic mass is 32.3. The molecule has 1 aromatic heterocycles. The van der Waals surface area contributed by atoms with Crippen LogP contribution < -0.4 is 15.8 Å². The number of anilines is 1. The molecule has 2 heterocycles. The molecule has 0 fully saturated rings. The second kappa shape index (κ2) is 9.20. The fourth-order valence-electron chi connectivity index (χ4n) is 3.18. The molecule has 0 spiro atoms. The van der Waals surface area contributed by atoms with Crippen molar-refractivity contribution in [2.75, 3.05) is 24.4 Å². The Bertz CT molecular complexity index is 1140. The molecule has 0 aliphatic carbocycles. The van der Waals surface area contributed by atoms with Crippen molar-refractivity contribution in [2.24, 2.45) is 10.7 Å². The van der Waals surface area contributed by atoms with Crippen molar-refractivity contribution >= 4 is 28.0 Å². The number of carbonyl (C=O) groups is 1. The van der Waals surface area contributed by atoms with Crippen LogP contribution in [-0.2, 0) is 5.54 Å². The van der Waals surface area contributed by atoms with Gasteiger partial charge < -0.3 is 15.8 Å². The van der Waals surface area contributed by atoms with Gasteiger partial charge in [0.1, 0.15) is 34.3 Å². The Labute approximate surface area is 198 Å². The average Bonchev–Trinajstić information content (AvgIpc) is 2.77. The lowest BCUT2D eigenvalue weighted by molar-refractivity contribution is -0.154. The number of nitrogens with two attached hydrogens (primary N) is 1. The number of carbonyl (C=O) groups excluding carboxylic acids is 1. The van der Waals surface area contributed by atoms with Crippen LogP contribution in [0.1, 0.15) is 29.9 Å². The molecule has 1 atom stereocenters. The first-order chi connectivity index (χ1) is 16.1. The molecule has 3 rings (SSSR count). The topological polar surface area (TPSA) is 143 Å². The van der Waals surface area contributed by atoms with Gasteiger partial charge in [0.15, 0.2) is 6.61 Å². The van der Waals surface area contributed by atoms with Gasteiger partial charge in [-0.05, 0) is 32.0 Å². The van der Waals surface area contributed by atoms with Gasteiger partial charge in [0.2, 0.25) is 5.88 Å². The van der Waals surface area contributed by atoms with Crippen molar-refractivity contribution in [1.82, 2.24) is 9.97 Å². The largest absolute Gasteiger partial charge is 0.467 e. The van der Waals surface area contributed by atoms with Crippen LogP contribution in [0.5, 0.6) is 5.88 Å². The van der Waals surface area contributed by atoms with Gasteiger partial charge in [0.05, 0.1) is 18.1 Å². The number of amidine groups is 1. The van der Waals surface area contributed by atoms with E-state index in [1.165, 1.54) is 13.8 Å². The van der Waals surface area contributed by atoms with Crippen molar-refractivity contribution < 1.29 is 40.6 Å². The fraction of sp³-hybridized carbons (Fsp3) is 0.400. The van der Waals surface area contributed by atoms with E-state index in [0.29, 0.717) is 0 Å². The van der Waals surface area contributed by atoms with E-state index >= 15 is 0 Å². The van der Waals surface area contributed by atoms with Crippen LogP contribution in [0.4, 0.5) is 27.6 Å². The lowest BCUT2D eigenvalue weighted by Gasteiger charge is -2.53. The lowest BCUT2D eigenvalue weighted by atomic mass is 9.92. The smallest absolute Gasteiger partial charge is 0.422 e. The van der Waals surface area contributed by atoms with Crippen LogP contribution in [-0.4, -0.2) is 60.8 Å². The third-order valence-corrected chi connectivity index (χ3v) is 8.12. The summed E-state index contributed by atoms with van der Waals surface area (Å²) in [6.45, 7) is -0.0385. The first-order valence-electron chi connectivity index (χ1n) is 9.90. The number of nitrogens with one attached hydrogen (secondary N) is 1. The van der Waals surface area contributed by atoms with Crippen LogP contribution in [0.2, 0.25) is 0 Å².